The number of benzene rings is 4. The zero-order chi connectivity index (χ0) is 26.3. The van der Waals surface area contributed by atoms with Crippen molar-refractivity contribution in [2.75, 3.05) is 0 Å². The van der Waals surface area contributed by atoms with Gasteiger partial charge in [0.2, 0.25) is 5.69 Å². The van der Waals surface area contributed by atoms with Crippen LogP contribution in [0.25, 0.3) is 33.2 Å². The van der Waals surface area contributed by atoms with E-state index in [1.54, 1.807) is 5.56 Å². The number of fused-ring (bicyclic) bond motifs is 1. The van der Waals surface area contributed by atoms with Crippen LogP contribution in [0, 0.1) is 6.92 Å². The van der Waals surface area contributed by atoms with Crippen LogP contribution in [-0.4, -0.2) is 8.07 Å². The van der Waals surface area contributed by atoms with Crippen molar-refractivity contribution in [3.63, 3.8) is 0 Å². The number of aryl methyl sites for hydroxylation is 1. The summed E-state index contributed by atoms with van der Waals surface area (Å²) in [5.41, 5.74) is 8.32. The van der Waals surface area contributed by atoms with Gasteiger partial charge in [-0.2, -0.15) is 0 Å². The van der Waals surface area contributed by atoms with Crippen LogP contribution in [0.2, 0.25) is 13.1 Å². The second-order valence-electron chi connectivity index (χ2n) is 11.7. The molecule has 0 saturated heterocycles. The molecule has 0 bridgehead atoms. The summed E-state index contributed by atoms with van der Waals surface area (Å²) < 4.78 is 2.33. The van der Waals surface area contributed by atoms with Gasteiger partial charge in [0.05, 0.1) is 10.9 Å². The summed E-state index contributed by atoms with van der Waals surface area (Å²) in [7, 11) is 0.423. The predicted octanol–water partition coefficient (Wildman–Crippen LogP) is 7.79. The highest BCUT2D eigenvalue weighted by Crippen LogP contribution is 2.41. The second kappa shape index (κ2) is 10.00. The maximum absolute atomic E-state index is 2.49. The number of rotatable bonds is 5. The Balaban J connectivity index is 1.55. The first-order chi connectivity index (χ1) is 18.4. The predicted molar refractivity (Wildman–Crippen MR) is 165 cm³/mol. The van der Waals surface area contributed by atoms with Gasteiger partial charge >= 0.3 is 0 Å². The Hall–Kier alpha value is -3.49. The fourth-order valence-corrected chi connectivity index (χ4v) is 8.93. The second-order valence-corrected chi connectivity index (χ2v) is 16.1. The van der Waals surface area contributed by atoms with Crippen LogP contribution in [0.15, 0.2) is 103 Å². The van der Waals surface area contributed by atoms with Crippen molar-refractivity contribution >= 4 is 29.2 Å². The molecule has 0 aliphatic heterocycles. The maximum Gasteiger partial charge on any atom is 0.220 e. The smallest absolute Gasteiger partial charge is 0.200 e. The van der Waals surface area contributed by atoms with Gasteiger partial charge in [0, 0.05) is 6.07 Å². The Morgan fingerprint density at radius 2 is 1.39 bits per heavy atom. The molecule has 1 saturated carbocycles. The molecule has 190 valence electrons. The lowest BCUT2D eigenvalue weighted by atomic mass is 9.85. The van der Waals surface area contributed by atoms with Gasteiger partial charge in [-0.3, -0.25) is 0 Å². The molecule has 1 heterocycles. The van der Waals surface area contributed by atoms with Crippen molar-refractivity contribution < 1.29 is 4.57 Å². The quantitative estimate of drug-likeness (QED) is 0.167. The molecule has 2 heteroatoms. The van der Waals surface area contributed by atoms with E-state index in [0.717, 1.165) is 0 Å². The molecule has 1 nitrogen and oxygen atoms in total. The highest BCUT2D eigenvalue weighted by molar-refractivity contribution is 7.00. The van der Waals surface area contributed by atoms with E-state index >= 15 is 0 Å². The van der Waals surface area contributed by atoms with Crippen LogP contribution < -0.4 is 14.9 Å². The van der Waals surface area contributed by atoms with Crippen molar-refractivity contribution in [2.24, 2.45) is 7.05 Å². The van der Waals surface area contributed by atoms with Crippen molar-refractivity contribution in [3.8, 4) is 22.4 Å². The molecule has 1 aliphatic carbocycles. The summed E-state index contributed by atoms with van der Waals surface area (Å²) in [6, 6.07) is 36.5. The fraction of sp³-hybridized carbons (Fsp3) is 0.250. The lowest BCUT2D eigenvalue weighted by molar-refractivity contribution is -0.659. The van der Waals surface area contributed by atoms with E-state index < -0.39 is 8.07 Å². The van der Waals surface area contributed by atoms with Gasteiger partial charge in [-0.1, -0.05) is 115 Å². The summed E-state index contributed by atoms with van der Waals surface area (Å²) in [4.78, 5) is 0. The SMILES string of the molecule is Cc1c(-c2c3ccc([Si](C)(C)c4ccccc4)cc3cc[n+]2C)cc(-c2ccccc2)cc1C1CCCC1. The molecule has 0 radical (unpaired) electrons. The Kier molecular flexibility index (Phi) is 6.53. The summed E-state index contributed by atoms with van der Waals surface area (Å²) in [5.74, 6) is 0.668. The molecule has 0 unspecified atom stereocenters. The lowest BCUT2D eigenvalue weighted by Gasteiger charge is -2.24. The van der Waals surface area contributed by atoms with Gasteiger partial charge in [0.15, 0.2) is 6.20 Å². The van der Waals surface area contributed by atoms with Gasteiger partial charge in [-0.15, -0.1) is 0 Å². The average Bonchev–Trinajstić information content (AvgIpc) is 3.49. The van der Waals surface area contributed by atoms with Gasteiger partial charge in [-0.05, 0) is 65.5 Å². The van der Waals surface area contributed by atoms with Crippen LogP contribution in [0.5, 0.6) is 0 Å². The third-order valence-corrected chi connectivity index (χ3v) is 12.5. The Labute approximate surface area is 228 Å². The molecule has 4 aromatic carbocycles. The first-order valence-electron chi connectivity index (χ1n) is 14.1. The van der Waals surface area contributed by atoms with E-state index in [9.17, 15) is 0 Å². The zero-order valence-corrected chi connectivity index (χ0v) is 24.2. The number of hydrogen-bond acceptors (Lipinski definition) is 0. The zero-order valence-electron chi connectivity index (χ0n) is 23.2. The van der Waals surface area contributed by atoms with Gasteiger partial charge in [0.1, 0.15) is 15.1 Å². The summed E-state index contributed by atoms with van der Waals surface area (Å²) in [5, 5.41) is 5.63. The minimum absolute atomic E-state index is 0.668. The number of aromatic nitrogens is 1. The largest absolute Gasteiger partial charge is 0.220 e. The molecule has 0 atom stereocenters. The van der Waals surface area contributed by atoms with E-state index in [-0.39, 0.29) is 0 Å². The van der Waals surface area contributed by atoms with Gasteiger partial charge in [0.25, 0.3) is 0 Å². The summed E-state index contributed by atoms with van der Waals surface area (Å²) in [6.07, 6.45) is 7.57. The van der Waals surface area contributed by atoms with E-state index in [1.807, 2.05) is 0 Å². The molecule has 1 aliphatic rings. The average molecular weight is 513 g/mol. The molecule has 1 aromatic heterocycles. The van der Waals surface area contributed by atoms with Crippen LogP contribution >= 0.6 is 0 Å². The molecule has 1 fully saturated rings. The van der Waals surface area contributed by atoms with E-state index in [1.165, 1.54) is 74.8 Å². The molecule has 0 spiro atoms. The molecule has 0 N–H and O–H groups in total. The lowest BCUT2D eigenvalue weighted by Crippen LogP contribution is -2.52. The molecular weight excluding hydrogens is 474 g/mol. The number of hydrogen-bond donors (Lipinski definition) is 0. The van der Waals surface area contributed by atoms with Crippen LogP contribution in [-0.2, 0) is 7.05 Å². The number of pyridine rings is 1. The van der Waals surface area contributed by atoms with Crippen molar-refractivity contribution in [2.45, 2.75) is 51.6 Å². The topological polar surface area (TPSA) is 3.88 Å². The maximum atomic E-state index is 2.49. The van der Waals surface area contributed by atoms with E-state index in [2.05, 4.69) is 135 Å². The molecule has 0 amide bonds. The van der Waals surface area contributed by atoms with Crippen molar-refractivity contribution in [1.82, 2.24) is 0 Å². The molecule has 38 heavy (non-hydrogen) atoms. The van der Waals surface area contributed by atoms with Gasteiger partial charge in [-0.25, -0.2) is 4.57 Å². The monoisotopic (exact) mass is 512 g/mol. The Bertz CT molecular complexity index is 1600. The standard InChI is InChI=1S/C36H38NSi/c1-26-34(28-15-11-12-16-28)24-30(27-13-7-5-8-14-27)25-35(26)36-33-20-19-32(23-29(33)21-22-37(36)2)38(3,4)31-17-9-6-10-18-31/h5-10,13-14,17-25,28H,11-12,15-16H2,1-4H3/q+1. The number of nitrogens with zero attached hydrogens (tertiary/aromatic N) is 1. The molecular formula is C36H38NSi+. The Morgan fingerprint density at radius 3 is 2.11 bits per heavy atom. The first-order valence-corrected chi connectivity index (χ1v) is 17.1. The highest BCUT2D eigenvalue weighted by atomic mass is 28.3. The Morgan fingerprint density at radius 1 is 0.711 bits per heavy atom. The van der Waals surface area contributed by atoms with E-state index in [0.29, 0.717) is 5.92 Å². The minimum atomic E-state index is -1.78. The fourth-order valence-electron chi connectivity index (χ4n) is 6.56. The molecule has 6 rings (SSSR count). The summed E-state index contributed by atoms with van der Waals surface area (Å²) in [6.45, 7) is 7.29. The van der Waals surface area contributed by atoms with E-state index in [4.69, 9.17) is 0 Å². The molecule has 5 aromatic rings. The van der Waals surface area contributed by atoms with Crippen LogP contribution in [0.4, 0.5) is 0 Å². The first kappa shape index (κ1) is 24.8. The third kappa shape index (κ3) is 4.41. The van der Waals surface area contributed by atoms with Crippen LogP contribution in [0.1, 0.15) is 42.7 Å². The highest BCUT2D eigenvalue weighted by Gasteiger charge is 2.28. The third-order valence-electron chi connectivity index (χ3n) is 8.96. The van der Waals surface area contributed by atoms with Crippen molar-refractivity contribution in [3.05, 3.63) is 114 Å². The normalized spacial score (nSPS) is 14.3. The van der Waals surface area contributed by atoms with Crippen LogP contribution in [0.3, 0.4) is 0 Å². The summed E-state index contributed by atoms with van der Waals surface area (Å²) >= 11 is 0. The minimum Gasteiger partial charge on any atom is -0.200 e. The van der Waals surface area contributed by atoms with Gasteiger partial charge < -0.3 is 0 Å². The van der Waals surface area contributed by atoms with Crippen molar-refractivity contribution in [1.29, 1.82) is 0 Å².